The van der Waals surface area contributed by atoms with Gasteiger partial charge in [-0.1, -0.05) is 0 Å². The van der Waals surface area contributed by atoms with Gasteiger partial charge in [0, 0.05) is 26.2 Å². The van der Waals surface area contributed by atoms with Gasteiger partial charge in [-0.3, -0.25) is 14.5 Å². The molecule has 0 aromatic heterocycles. The lowest BCUT2D eigenvalue weighted by atomic mass is 9.95. The van der Waals surface area contributed by atoms with Crippen LogP contribution in [0, 0.1) is 5.92 Å². The van der Waals surface area contributed by atoms with E-state index in [0.717, 1.165) is 43.7 Å². The lowest BCUT2D eigenvalue weighted by Crippen LogP contribution is -2.50. The Bertz CT molecular complexity index is 491. The van der Waals surface area contributed by atoms with Gasteiger partial charge in [-0.25, -0.2) is 0 Å². The van der Waals surface area contributed by atoms with Crippen LogP contribution >= 0.6 is 0 Å². The maximum Gasteiger partial charge on any atom is 0.406 e. The summed E-state index contributed by atoms with van der Waals surface area (Å²) in [5.41, 5.74) is 0. The SMILES string of the molecule is O=C(C1CCCN(C2CCN(CC(F)(F)F)C2=O)C1)N1CCCC1. The molecule has 8 heteroatoms. The van der Waals surface area contributed by atoms with Crippen LogP contribution in [0.3, 0.4) is 0 Å². The minimum atomic E-state index is -4.36. The van der Waals surface area contributed by atoms with E-state index in [0.29, 0.717) is 19.5 Å². The molecule has 0 saturated carbocycles. The normalized spacial score (nSPS) is 29.5. The lowest BCUT2D eigenvalue weighted by Gasteiger charge is -2.36. The van der Waals surface area contributed by atoms with Crippen molar-refractivity contribution in [1.29, 1.82) is 0 Å². The third kappa shape index (κ3) is 3.84. The van der Waals surface area contributed by atoms with Crippen LogP contribution in [0.25, 0.3) is 0 Å². The largest absolute Gasteiger partial charge is 0.406 e. The number of likely N-dealkylation sites (tertiary alicyclic amines) is 3. The standard InChI is InChI=1S/C16H24F3N3O2/c17-16(18,19)11-22-9-5-13(15(22)24)21-8-3-4-12(10-21)14(23)20-6-1-2-7-20/h12-13H,1-11H2. The van der Waals surface area contributed by atoms with Gasteiger partial charge in [0.25, 0.3) is 0 Å². The van der Waals surface area contributed by atoms with Crippen molar-refractivity contribution in [1.82, 2.24) is 14.7 Å². The zero-order valence-electron chi connectivity index (χ0n) is 13.7. The molecule has 3 fully saturated rings. The first-order valence-corrected chi connectivity index (χ1v) is 8.73. The Labute approximate surface area is 139 Å². The summed E-state index contributed by atoms with van der Waals surface area (Å²) in [6.07, 6.45) is -0.252. The first-order chi connectivity index (χ1) is 11.3. The van der Waals surface area contributed by atoms with E-state index in [1.807, 2.05) is 9.80 Å². The van der Waals surface area contributed by atoms with E-state index < -0.39 is 24.7 Å². The maximum atomic E-state index is 12.5. The van der Waals surface area contributed by atoms with Crippen LogP contribution in [0.15, 0.2) is 0 Å². The van der Waals surface area contributed by atoms with Crippen molar-refractivity contribution in [2.45, 2.75) is 44.3 Å². The van der Waals surface area contributed by atoms with Crippen molar-refractivity contribution < 1.29 is 22.8 Å². The summed E-state index contributed by atoms with van der Waals surface area (Å²) in [4.78, 5) is 29.6. The van der Waals surface area contributed by atoms with Crippen LogP contribution in [0.5, 0.6) is 0 Å². The summed E-state index contributed by atoms with van der Waals surface area (Å²) in [7, 11) is 0. The highest BCUT2D eigenvalue weighted by Gasteiger charge is 2.43. The summed E-state index contributed by atoms with van der Waals surface area (Å²) in [6.45, 7) is 1.75. The molecule has 5 nitrogen and oxygen atoms in total. The van der Waals surface area contributed by atoms with E-state index in [4.69, 9.17) is 0 Å². The van der Waals surface area contributed by atoms with Gasteiger partial charge in [0.1, 0.15) is 6.54 Å². The van der Waals surface area contributed by atoms with Crippen LogP contribution in [0.4, 0.5) is 13.2 Å². The van der Waals surface area contributed by atoms with Gasteiger partial charge in [-0.2, -0.15) is 13.2 Å². The Kier molecular flexibility index (Phi) is 5.03. The van der Waals surface area contributed by atoms with Crippen molar-refractivity contribution in [3.63, 3.8) is 0 Å². The van der Waals surface area contributed by atoms with Crippen molar-refractivity contribution in [2.75, 3.05) is 39.3 Å². The molecule has 2 unspecified atom stereocenters. The zero-order chi connectivity index (χ0) is 17.3. The number of amides is 2. The summed E-state index contributed by atoms with van der Waals surface area (Å²) in [6, 6.07) is -0.499. The van der Waals surface area contributed by atoms with Crippen LogP contribution < -0.4 is 0 Å². The zero-order valence-corrected chi connectivity index (χ0v) is 13.7. The molecule has 136 valence electrons. The molecule has 0 aliphatic carbocycles. The molecule has 3 aliphatic heterocycles. The number of hydrogen-bond donors (Lipinski definition) is 0. The molecule has 2 atom stereocenters. The van der Waals surface area contributed by atoms with Gasteiger partial charge < -0.3 is 9.80 Å². The number of hydrogen-bond acceptors (Lipinski definition) is 3. The summed E-state index contributed by atoms with van der Waals surface area (Å²) < 4.78 is 37.6. The van der Waals surface area contributed by atoms with Gasteiger partial charge in [0.2, 0.25) is 11.8 Å². The number of halogens is 3. The molecule has 2 amide bonds. The minimum absolute atomic E-state index is 0.124. The molecular formula is C16H24F3N3O2. The van der Waals surface area contributed by atoms with E-state index >= 15 is 0 Å². The molecule has 0 aromatic rings. The summed E-state index contributed by atoms with van der Waals surface area (Å²) in [5, 5.41) is 0. The van der Waals surface area contributed by atoms with Crippen molar-refractivity contribution >= 4 is 11.8 Å². The van der Waals surface area contributed by atoms with Crippen LogP contribution in [-0.4, -0.2) is 78.0 Å². The molecule has 0 aromatic carbocycles. The minimum Gasteiger partial charge on any atom is -0.342 e. The van der Waals surface area contributed by atoms with Crippen LogP contribution in [0.2, 0.25) is 0 Å². The van der Waals surface area contributed by atoms with E-state index in [-0.39, 0.29) is 18.4 Å². The highest BCUT2D eigenvalue weighted by molar-refractivity contribution is 5.84. The van der Waals surface area contributed by atoms with Crippen molar-refractivity contribution in [3.8, 4) is 0 Å². The third-order valence-corrected chi connectivity index (χ3v) is 5.30. The number of carbonyl (C=O) groups excluding carboxylic acids is 2. The van der Waals surface area contributed by atoms with E-state index in [1.54, 1.807) is 0 Å². The molecule has 3 heterocycles. The first-order valence-electron chi connectivity index (χ1n) is 8.73. The third-order valence-electron chi connectivity index (χ3n) is 5.30. The highest BCUT2D eigenvalue weighted by Crippen LogP contribution is 2.28. The Balaban J connectivity index is 1.58. The molecule has 0 spiro atoms. The average Bonchev–Trinajstić information content (AvgIpc) is 3.17. The van der Waals surface area contributed by atoms with Crippen molar-refractivity contribution in [3.05, 3.63) is 0 Å². The second kappa shape index (κ2) is 6.90. The number of carbonyl (C=O) groups is 2. The smallest absolute Gasteiger partial charge is 0.342 e. The Morgan fingerprint density at radius 3 is 2.42 bits per heavy atom. The van der Waals surface area contributed by atoms with E-state index in [1.165, 1.54) is 0 Å². The van der Waals surface area contributed by atoms with Crippen molar-refractivity contribution in [2.24, 2.45) is 5.92 Å². The predicted octanol–water partition coefficient (Wildman–Crippen LogP) is 1.48. The molecule has 24 heavy (non-hydrogen) atoms. The first kappa shape index (κ1) is 17.5. The topological polar surface area (TPSA) is 43.9 Å². The number of alkyl halides is 3. The lowest BCUT2D eigenvalue weighted by molar-refractivity contribution is -0.159. The van der Waals surface area contributed by atoms with E-state index in [9.17, 15) is 22.8 Å². The van der Waals surface area contributed by atoms with Gasteiger partial charge in [0.15, 0.2) is 0 Å². The van der Waals surface area contributed by atoms with Gasteiger partial charge in [-0.15, -0.1) is 0 Å². The van der Waals surface area contributed by atoms with Crippen LogP contribution in [-0.2, 0) is 9.59 Å². The Hall–Kier alpha value is -1.31. The quantitative estimate of drug-likeness (QED) is 0.777. The average molecular weight is 347 g/mol. The maximum absolute atomic E-state index is 12.5. The molecule has 0 bridgehead atoms. The fourth-order valence-electron chi connectivity index (χ4n) is 4.12. The molecule has 3 saturated heterocycles. The van der Waals surface area contributed by atoms with Crippen LogP contribution in [0.1, 0.15) is 32.1 Å². The molecular weight excluding hydrogens is 323 g/mol. The molecule has 3 rings (SSSR count). The monoisotopic (exact) mass is 347 g/mol. The second-order valence-corrected chi connectivity index (χ2v) is 7.05. The Morgan fingerprint density at radius 2 is 1.75 bits per heavy atom. The van der Waals surface area contributed by atoms with E-state index in [2.05, 4.69) is 0 Å². The second-order valence-electron chi connectivity index (χ2n) is 7.05. The fourth-order valence-corrected chi connectivity index (χ4v) is 4.12. The number of piperidine rings is 1. The number of rotatable bonds is 3. The Morgan fingerprint density at radius 1 is 1.04 bits per heavy atom. The summed E-state index contributed by atoms with van der Waals surface area (Å²) in [5.74, 6) is -0.419. The summed E-state index contributed by atoms with van der Waals surface area (Å²) >= 11 is 0. The molecule has 0 N–H and O–H groups in total. The highest BCUT2D eigenvalue weighted by atomic mass is 19.4. The molecule has 0 radical (unpaired) electrons. The number of nitrogens with zero attached hydrogens (tertiary/aromatic N) is 3. The fraction of sp³-hybridized carbons (Fsp3) is 0.875. The van der Waals surface area contributed by atoms with Gasteiger partial charge in [-0.05, 0) is 38.6 Å². The predicted molar refractivity (Wildman–Crippen MR) is 81.2 cm³/mol. The molecule has 3 aliphatic rings. The van der Waals surface area contributed by atoms with Gasteiger partial charge >= 0.3 is 6.18 Å². The van der Waals surface area contributed by atoms with Gasteiger partial charge in [0.05, 0.1) is 12.0 Å².